The highest BCUT2D eigenvalue weighted by molar-refractivity contribution is 5.86. The van der Waals surface area contributed by atoms with Gasteiger partial charge in [-0.05, 0) is 29.2 Å². The summed E-state index contributed by atoms with van der Waals surface area (Å²) in [6, 6.07) is 14.7. The van der Waals surface area contributed by atoms with E-state index in [0.717, 1.165) is 12.8 Å². The summed E-state index contributed by atoms with van der Waals surface area (Å²) in [6.45, 7) is 0.126. The minimum Gasteiger partial charge on any atom is -0.394 e. The van der Waals surface area contributed by atoms with Crippen LogP contribution in [-0.4, -0.2) is 17.8 Å². The third-order valence-corrected chi connectivity index (χ3v) is 3.48. The summed E-state index contributed by atoms with van der Waals surface area (Å²) in [5.41, 5.74) is 1.25. The molecule has 3 rings (SSSR count). The highest BCUT2D eigenvalue weighted by atomic mass is 16.5. The molecule has 2 aromatic rings. The van der Waals surface area contributed by atoms with E-state index in [1.165, 1.54) is 16.3 Å². The Hall–Kier alpha value is -1.38. The van der Waals surface area contributed by atoms with E-state index in [1.807, 2.05) is 0 Å². The molecule has 1 aliphatic rings. The molecule has 2 nitrogen and oxygen atoms in total. The Bertz CT molecular complexity index is 516. The number of fused-ring (bicyclic) bond motifs is 1. The Kier molecular flexibility index (Phi) is 2.83. The molecule has 0 saturated carbocycles. The van der Waals surface area contributed by atoms with Crippen molar-refractivity contribution in [2.75, 3.05) is 6.61 Å². The SMILES string of the molecule is OCC1CCC(c2cccc3ccccc23)O1. The van der Waals surface area contributed by atoms with Crippen LogP contribution < -0.4 is 0 Å². The lowest BCUT2D eigenvalue weighted by molar-refractivity contribution is 0.0116. The molecule has 1 fully saturated rings. The summed E-state index contributed by atoms with van der Waals surface area (Å²) >= 11 is 0. The van der Waals surface area contributed by atoms with Gasteiger partial charge in [0.1, 0.15) is 0 Å². The zero-order valence-corrected chi connectivity index (χ0v) is 9.67. The summed E-state index contributed by atoms with van der Waals surface area (Å²) in [5.74, 6) is 0. The van der Waals surface area contributed by atoms with Crippen molar-refractivity contribution in [3.05, 3.63) is 48.0 Å². The van der Waals surface area contributed by atoms with Gasteiger partial charge in [0.15, 0.2) is 0 Å². The van der Waals surface area contributed by atoms with Crippen molar-refractivity contribution in [3.8, 4) is 0 Å². The van der Waals surface area contributed by atoms with Crippen LogP contribution in [0.15, 0.2) is 42.5 Å². The van der Waals surface area contributed by atoms with Crippen molar-refractivity contribution in [2.45, 2.75) is 25.0 Å². The Morgan fingerprint density at radius 3 is 2.71 bits per heavy atom. The van der Waals surface area contributed by atoms with Crippen LogP contribution in [0.1, 0.15) is 24.5 Å². The molecule has 2 heteroatoms. The van der Waals surface area contributed by atoms with Crippen LogP contribution in [0.25, 0.3) is 10.8 Å². The summed E-state index contributed by atoms with van der Waals surface area (Å²) in [6.07, 6.45) is 2.10. The van der Waals surface area contributed by atoms with Crippen molar-refractivity contribution >= 4 is 10.8 Å². The number of aliphatic hydroxyl groups excluding tert-OH is 1. The standard InChI is InChI=1S/C15H16O2/c16-10-12-8-9-15(17-12)14-7-3-5-11-4-1-2-6-13(11)14/h1-7,12,15-16H,8-10H2. The fourth-order valence-corrected chi connectivity index (χ4v) is 2.60. The average molecular weight is 228 g/mol. The molecule has 17 heavy (non-hydrogen) atoms. The first-order valence-electron chi connectivity index (χ1n) is 6.12. The van der Waals surface area contributed by atoms with Crippen molar-refractivity contribution < 1.29 is 9.84 Å². The minimum absolute atomic E-state index is 0.0129. The smallest absolute Gasteiger partial charge is 0.0836 e. The van der Waals surface area contributed by atoms with Gasteiger partial charge in [0, 0.05) is 0 Å². The van der Waals surface area contributed by atoms with E-state index in [1.54, 1.807) is 0 Å². The summed E-state index contributed by atoms with van der Waals surface area (Å²) in [7, 11) is 0. The molecular weight excluding hydrogens is 212 g/mol. The van der Waals surface area contributed by atoms with Crippen LogP contribution in [0.2, 0.25) is 0 Å². The molecule has 0 spiro atoms. The van der Waals surface area contributed by atoms with Crippen LogP contribution >= 0.6 is 0 Å². The Morgan fingerprint density at radius 2 is 1.88 bits per heavy atom. The molecule has 88 valence electrons. The summed E-state index contributed by atoms with van der Waals surface area (Å²) in [5, 5.41) is 11.6. The molecule has 1 N–H and O–H groups in total. The van der Waals surface area contributed by atoms with Crippen LogP contribution in [0.4, 0.5) is 0 Å². The van der Waals surface area contributed by atoms with Crippen molar-refractivity contribution in [1.82, 2.24) is 0 Å². The quantitative estimate of drug-likeness (QED) is 0.856. The number of hydrogen-bond donors (Lipinski definition) is 1. The van der Waals surface area contributed by atoms with Gasteiger partial charge < -0.3 is 9.84 Å². The molecule has 0 aromatic heterocycles. The fourth-order valence-electron chi connectivity index (χ4n) is 2.60. The second-order valence-corrected chi connectivity index (χ2v) is 4.58. The second kappa shape index (κ2) is 4.47. The van der Waals surface area contributed by atoms with Gasteiger partial charge in [-0.25, -0.2) is 0 Å². The zero-order valence-electron chi connectivity index (χ0n) is 9.67. The highest BCUT2D eigenvalue weighted by Crippen LogP contribution is 2.36. The number of hydrogen-bond acceptors (Lipinski definition) is 2. The van der Waals surface area contributed by atoms with Gasteiger partial charge in [0.25, 0.3) is 0 Å². The number of benzene rings is 2. The third kappa shape index (κ3) is 1.94. The average Bonchev–Trinajstić information content (AvgIpc) is 2.87. The Balaban J connectivity index is 2.00. The maximum absolute atomic E-state index is 9.12. The number of ether oxygens (including phenoxy) is 1. The highest BCUT2D eigenvalue weighted by Gasteiger charge is 2.26. The van der Waals surface area contributed by atoms with Crippen molar-refractivity contribution in [3.63, 3.8) is 0 Å². The molecule has 0 aliphatic carbocycles. The lowest BCUT2D eigenvalue weighted by atomic mass is 9.99. The topological polar surface area (TPSA) is 29.5 Å². The van der Waals surface area contributed by atoms with E-state index in [0.29, 0.717) is 0 Å². The molecule has 2 atom stereocenters. The van der Waals surface area contributed by atoms with E-state index in [4.69, 9.17) is 9.84 Å². The molecule has 1 heterocycles. The normalized spacial score (nSPS) is 24.3. The van der Waals surface area contributed by atoms with Gasteiger partial charge >= 0.3 is 0 Å². The van der Waals surface area contributed by atoms with E-state index >= 15 is 0 Å². The van der Waals surface area contributed by atoms with Gasteiger partial charge in [0.05, 0.1) is 18.8 Å². The van der Waals surface area contributed by atoms with Crippen molar-refractivity contribution in [1.29, 1.82) is 0 Å². The molecule has 0 amide bonds. The molecule has 0 bridgehead atoms. The molecule has 2 unspecified atom stereocenters. The number of aliphatic hydroxyl groups is 1. The maximum atomic E-state index is 9.12. The van der Waals surface area contributed by atoms with E-state index in [-0.39, 0.29) is 18.8 Å². The van der Waals surface area contributed by atoms with Gasteiger partial charge in [-0.1, -0.05) is 42.5 Å². The Labute approximate surface area is 101 Å². The zero-order chi connectivity index (χ0) is 11.7. The number of rotatable bonds is 2. The molecule has 0 radical (unpaired) electrons. The third-order valence-electron chi connectivity index (χ3n) is 3.48. The molecule has 1 saturated heterocycles. The lowest BCUT2D eigenvalue weighted by Gasteiger charge is -2.14. The summed E-state index contributed by atoms with van der Waals surface area (Å²) < 4.78 is 5.85. The minimum atomic E-state index is 0.0129. The van der Waals surface area contributed by atoms with Gasteiger partial charge in [-0.3, -0.25) is 0 Å². The predicted octanol–water partition coefficient (Wildman–Crippen LogP) is 3.05. The van der Waals surface area contributed by atoms with Gasteiger partial charge in [-0.2, -0.15) is 0 Å². The largest absolute Gasteiger partial charge is 0.394 e. The van der Waals surface area contributed by atoms with E-state index < -0.39 is 0 Å². The first-order chi connectivity index (χ1) is 8.38. The van der Waals surface area contributed by atoms with Crippen LogP contribution in [-0.2, 0) is 4.74 Å². The Morgan fingerprint density at radius 1 is 1.06 bits per heavy atom. The van der Waals surface area contributed by atoms with Gasteiger partial charge in [0.2, 0.25) is 0 Å². The van der Waals surface area contributed by atoms with Crippen LogP contribution in [0, 0.1) is 0 Å². The molecule has 1 aliphatic heterocycles. The van der Waals surface area contributed by atoms with Crippen LogP contribution in [0.3, 0.4) is 0 Å². The predicted molar refractivity (Wildman–Crippen MR) is 67.9 cm³/mol. The van der Waals surface area contributed by atoms with Crippen LogP contribution in [0.5, 0.6) is 0 Å². The summed E-state index contributed by atoms with van der Waals surface area (Å²) in [4.78, 5) is 0. The maximum Gasteiger partial charge on any atom is 0.0836 e. The van der Waals surface area contributed by atoms with Gasteiger partial charge in [-0.15, -0.1) is 0 Å². The monoisotopic (exact) mass is 228 g/mol. The first-order valence-corrected chi connectivity index (χ1v) is 6.12. The lowest BCUT2D eigenvalue weighted by Crippen LogP contribution is -2.11. The second-order valence-electron chi connectivity index (χ2n) is 4.58. The van der Waals surface area contributed by atoms with E-state index in [2.05, 4.69) is 42.5 Å². The molecule has 2 aromatic carbocycles. The first kappa shape index (κ1) is 10.8. The molecular formula is C15H16O2. The fraction of sp³-hybridized carbons (Fsp3) is 0.333. The van der Waals surface area contributed by atoms with E-state index in [9.17, 15) is 0 Å². The van der Waals surface area contributed by atoms with Crippen molar-refractivity contribution in [2.24, 2.45) is 0 Å².